The molecule has 0 aliphatic carbocycles. The minimum absolute atomic E-state index is 0.0703. The molecule has 25 heavy (non-hydrogen) atoms. The van der Waals surface area contributed by atoms with E-state index < -0.39 is 11.6 Å². The van der Waals surface area contributed by atoms with Crippen LogP contribution in [0.3, 0.4) is 0 Å². The Morgan fingerprint density at radius 1 is 1.24 bits per heavy atom. The van der Waals surface area contributed by atoms with Gasteiger partial charge in [-0.1, -0.05) is 27.2 Å². The van der Waals surface area contributed by atoms with Crippen LogP contribution >= 0.6 is 0 Å². The number of nitrogens with zero attached hydrogens (tertiary/aromatic N) is 1. The Kier molecular flexibility index (Phi) is 10.5. The van der Waals surface area contributed by atoms with Gasteiger partial charge in [-0.2, -0.15) is 0 Å². The highest BCUT2D eigenvalue weighted by molar-refractivity contribution is 5.99. The summed E-state index contributed by atoms with van der Waals surface area (Å²) in [5.74, 6) is -1.20. The van der Waals surface area contributed by atoms with Crippen LogP contribution in [0.5, 0.6) is 0 Å². The first-order valence-electron chi connectivity index (χ1n) is 8.14. The first-order chi connectivity index (χ1) is 11.8. The molecule has 0 saturated carbocycles. The fourth-order valence-electron chi connectivity index (χ4n) is 2.73. The van der Waals surface area contributed by atoms with Gasteiger partial charge < -0.3 is 22.1 Å². The van der Waals surface area contributed by atoms with Gasteiger partial charge in [0.2, 0.25) is 6.41 Å². The van der Waals surface area contributed by atoms with Gasteiger partial charge in [0, 0.05) is 18.8 Å². The van der Waals surface area contributed by atoms with Gasteiger partial charge in [-0.25, -0.2) is 8.78 Å². The molecule has 142 valence electrons. The number of amides is 2. The van der Waals surface area contributed by atoms with Crippen molar-refractivity contribution in [2.75, 3.05) is 13.2 Å². The van der Waals surface area contributed by atoms with Crippen LogP contribution in [-0.2, 0) is 4.79 Å². The van der Waals surface area contributed by atoms with Crippen LogP contribution in [0.4, 0.5) is 8.78 Å². The molecule has 0 spiro atoms. The van der Waals surface area contributed by atoms with Crippen LogP contribution in [0.2, 0.25) is 0 Å². The predicted molar refractivity (Wildman–Crippen MR) is 93.4 cm³/mol. The molecule has 1 aromatic carbocycles. The SMILES string of the molecule is CCCC1c2c(F)ccc(F)c2C(=O)N1CC(C)C.NC=O.NCN. The second kappa shape index (κ2) is 11.5. The van der Waals surface area contributed by atoms with Gasteiger partial charge in [0.1, 0.15) is 11.6 Å². The number of benzene rings is 1. The number of nitrogens with two attached hydrogens (primary N) is 3. The number of hydrogen-bond donors (Lipinski definition) is 3. The summed E-state index contributed by atoms with van der Waals surface area (Å²) in [5, 5.41) is 0. The Balaban J connectivity index is 0.000000844. The topological polar surface area (TPSA) is 115 Å². The molecule has 1 unspecified atom stereocenters. The van der Waals surface area contributed by atoms with Gasteiger partial charge in [-0.3, -0.25) is 9.59 Å². The van der Waals surface area contributed by atoms with Crippen LogP contribution in [0, 0.1) is 17.6 Å². The van der Waals surface area contributed by atoms with Crippen molar-refractivity contribution >= 4 is 12.3 Å². The molecule has 1 aliphatic rings. The van der Waals surface area contributed by atoms with Crippen LogP contribution in [-0.4, -0.2) is 30.4 Å². The summed E-state index contributed by atoms with van der Waals surface area (Å²) in [4.78, 5) is 22.5. The molecule has 1 heterocycles. The van der Waals surface area contributed by atoms with Crippen molar-refractivity contribution in [1.29, 1.82) is 0 Å². The third kappa shape index (κ3) is 6.06. The number of halogens is 2. The van der Waals surface area contributed by atoms with E-state index in [4.69, 9.17) is 4.79 Å². The molecule has 2 rings (SSSR count). The van der Waals surface area contributed by atoms with Crippen molar-refractivity contribution in [2.45, 2.75) is 39.7 Å². The molecule has 0 bridgehead atoms. The third-order valence-electron chi connectivity index (χ3n) is 3.45. The lowest BCUT2D eigenvalue weighted by atomic mass is 9.99. The second-order valence-electron chi connectivity index (χ2n) is 5.85. The Morgan fingerprint density at radius 2 is 1.72 bits per heavy atom. The highest BCUT2D eigenvalue weighted by Gasteiger charge is 2.40. The monoisotopic (exact) mass is 358 g/mol. The van der Waals surface area contributed by atoms with Crippen LogP contribution in [0.15, 0.2) is 12.1 Å². The molecule has 1 aromatic rings. The largest absolute Gasteiger partial charge is 0.372 e. The standard InChI is InChI=1S/C15H19F2NO.CH6N2.CH3NO/c1-4-5-12-13-10(16)6-7-11(17)14(13)15(19)18(12)8-9(2)3;2*2-1-3/h6-7,9,12H,4-5,8H2,1-3H3;1-3H2;1H,(H2,2,3). The number of fused-ring (bicyclic) bond motifs is 1. The van der Waals surface area contributed by atoms with Gasteiger partial charge >= 0.3 is 0 Å². The van der Waals surface area contributed by atoms with E-state index in [1.807, 2.05) is 20.8 Å². The first-order valence-corrected chi connectivity index (χ1v) is 8.14. The van der Waals surface area contributed by atoms with Crippen LogP contribution in [0.1, 0.15) is 55.6 Å². The molecule has 8 heteroatoms. The lowest BCUT2D eigenvalue weighted by Crippen LogP contribution is -2.31. The smallest absolute Gasteiger partial charge is 0.257 e. The number of hydrogen-bond acceptors (Lipinski definition) is 4. The quantitative estimate of drug-likeness (QED) is 0.563. The average Bonchev–Trinajstić information content (AvgIpc) is 2.79. The van der Waals surface area contributed by atoms with Gasteiger partial charge in [0.15, 0.2) is 0 Å². The third-order valence-corrected chi connectivity index (χ3v) is 3.45. The van der Waals surface area contributed by atoms with Crippen molar-refractivity contribution in [3.8, 4) is 0 Å². The number of carbonyl (C=O) groups excluding carboxylic acids is 2. The zero-order chi connectivity index (χ0) is 19.6. The van der Waals surface area contributed by atoms with E-state index in [0.717, 1.165) is 18.6 Å². The molecule has 6 nitrogen and oxygen atoms in total. The summed E-state index contributed by atoms with van der Waals surface area (Å²) in [5.41, 5.74) is 13.6. The summed E-state index contributed by atoms with van der Waals surface area (Å²) < 4.78 is 27.8. The average molecular weight is 358 g/mol. The summed E-state index contributed by atoms with van der Waals surface area (Å²) in [7, 11) is 0. The molecule has 0 saturated heterocycles. The van der Waals surface area contributed by atoms with Crippen molar-refractivity contribution < 1.29 is 18.4 Å². The van der Waals surface area contributed by atoms with Gasteiger partial charge in [0.25, 0.3) is 5.91 Å². The van der Waals surface area contributed by atoms with E-state index in [0.29, 0.717) is 13.0 Å². The molecule has 0 radical (unpaired) electrons. The number of primary amides is 1. The van der Waals surface area contributed by atoms with E-state index in [-0.39, 0.29) is 42.1 Å². The maximum Gasteiger partial charge on any atom is 0.257 e. The zero-order valence-corrected chi connectivity index (χ0v) is 15.0. The summed E-state index contributed by atoms with van der Waals surface area (Å²) in [6.45, 7) is 6.74. The first kappa shape index (κ1) is 22.9. The van der Waals surface area contributed by atoms with E-state index in [1.54, 1.807) is 4.90 Å². The second-order valence-corrected chi connectivity index (χ2v) is 5.85. The predicted octanol–water partition coefficient (Wildman–Crippen LogP) is 1.88. The molecule has 1 atom stereocenters. The lowest BCUT2D eigenvalue weighted by molar-refractivity contribution is -0.106. The highest BCUT2D eigenvalue weighted by Crippen LogP contribution is 2.39. The highest BCUT2D eigenvalue weighted by atomic mass is 19.1. The Labute approximate surface area is 147 Å². The Bertz CT molecular complexity index is 568. The van der Waals surface area contributed by atoms with Gasteiger partial charge in [-0.05, 0) is 24.5 Å². The summed E-state index contributed by atoms with van der Waals surface area (Å²) in [6.07, 6.45) is 1.73. The molecule has 2 amide bonds. The molecular weight excluding hydrogens is 330 g/mol. The summed E-state index contributed by atoms with van der Waals surface area (Å²) in [6, 6.07) is 1.82. The Morgan fingerprint density at radius 3 is 2.16 bits per heavy atom. The maximum atomic E-state index is 14.0. The van der Waals surface area contributed by atoms with E-state index in [2.05, 4.69) is 17.2 Å². The fraction of sp³-hybridized carbons (Fsp3) is 0.529. The van der Waals surface area contributed by atoms with Crippen molar-refractivity contribution in [1.82, 2.24) is 4.90 Å². The van der Waals surface area contributed by atoms with Gasteiger partial charge in [0.05, 0.1) is 11.6 Å². The van der Waals surface area contributed by atoms with Crippen molar-refractivity contribution in [3.63, 3.8) is 0 Å². The van der Waals surface area contributed by atoms with Crippen LogP contribution in [0.25, 0.3) is 0 Å². The normalized spacial score (nSPS) is 15.1. The number of carbonyl (C=O) groups is 2. The zero-order valence-electron chi connectivity index (χ0n) is 15.0. The molecular formula is C17H28F2N4O2. The van der Waals surface area contributed by atoms with Gasteiger partial charge in [-0.15, -0.1) is 0 Å². The number of rotatable bonds is 4. The van der Waals surface area contributed by atoms with Crippen molar-refractivity contribution in [3.05, 3.63) is 34.9 Å². The van der Waals surface area contributed by atoms with E-state index in [9.17, 15) is 13.6 Å². The van der Waals surface area contributed by atoms with E-state index in [1.165, 1.54) is 0 Å². The fourth-order valence-corrected chi connectivity index (χ4v) is 2.73. The Hall–Kier alpha value is -2.06. The summed E-state index contributed by atoms with van der Waals surface area (Å²) >= 11 is 0. The molecule has 0 aromatic heterocycles. The minimum atomic E-state index is -0.617. The molecule has 0 fully saturated rings. The van der Waals surface area contributed by atoms with E-state index >= 15 is 0 Å². The minimum Gasteiger partial charge on any atom is -0.372 e. The van der Waals surface area contributed by atoms with Crippen molar-refractivity contribution in [2.24, 2.45) is 23.1 Å². The maximum absolute atomic E-state index is 14.0. The van der Waals surface area contributed by atoms with Crippen LogP contribution < -0.4 is 17.2 Å². The lowest BCUT2D eigenvalue weighted by Gasteiger charge is -2.26. The molecule has 6 N–H and O–H groups in total. The molecule has 1 aliphatic heterocycles.